The summed E-state index contributed by atoms with van der Waals surface area (Å²) in [6.07, 6.45) is -13.1. The maximum atomic E-state index is 12.6. The van der Waals surface area contributed by atoms with Gasteiger partial charge in [-0.1, -0.05) is 0 Å². The Morgan fingerprint density at radius 1 is 1.00 bits per heavy atom. The second-order valence-electron chi connectivity index (χ2n) is 4.83. The van der Waals surface area contributed by atoms with Crippen molar-refractivity contribution < 1.29 is 41.0 Å². The first-order valence-corrected chi connectivity index (χ1v) is 5.88. The van der Waals surface area contributed by atoms with Gasteiger partial charge in [-0.2, -0.15) is 26.3 Å². The van der Waals surface area contributed by atoms with Crippen molar-refractivity contribution in [2.24, 2.45) is 11.8 Å². The highest BCUT2D eigenvalue weighted by molar-refractivity contribution is 5.72. The second kappa shape index (κ2) is 5.42. The molecular weight excluding hydrogens is 294 g/mol. The molecule has 0 heterocycles. The quantitative estimate of drug-likeness (QED) is 0.630. The molecule has 0 saturated heterocycles. The molecule has 9 heteroatoms. The fourth-order valence-electron chi connectivity index (χ4n) is 2.54. The summed E-state index contributed by atoms with van der Waals surface area (Å²) in [5.74, 6) is -3.39. The molecule has 1 aliphatic rings. The van der Waals surface area contributed by atoms with Gasteiger partial charge in [0.25, 0.3) is 5.60 Å². The number of esters is 1. The van der Waals surface area contributed by atoms with Crippen LogP contribution in [-0.4, -0.2) is 36.1 Å². The summed E-state index contributed by atoms with van der Waals surface area (Å²) in [5.41, 5.74) is -4.74. The third-order valence-corrected chi connectivity index (χ3v) is 3.72. The number of hydrogen-bond donors (Lipinski definition) is 1. The number of halogens is 6. The molecule has 0 radical (unpaired) electrons. The first-order chi connectivity index (χ1) is 8.95. The zero-order valence-electron chi connectivity index (χ0n) is 10.5. The number of carbonyl (C=O) groups excluding carboxylic acids is 1. The van der Waals surface area contributed by atoms with Crippen LogP contribution in [0.15, 0.2) is 0 Å². The maximum Gasteiger partial charge on any atom is 0.426 e. The predicted molar refractivity (Wildman–Crippen MR) is 54.5 cm³/mol. The van der Waals surface area contributed by atoms with Gasteiger partial charge >= 0.3 is 18.3 Å². The normalized spacial score (nSPS) is 25.4. The van der Waals surface area contributed by atoms with Gasteiger partial charge in [0.2, 0.25) is 0 Å². The van der Waals surface area contributed by atoms with Gasteiger partial charge in [-0.25, -0.2) is 0 Å². The van der Waals surface area contributed by atoms with Crippen LogP contribution >= 0.6 is 0 Å². The Balaban J connectivity index is 2.91. The maximum absolute atomic E-state index is 12.6. The SMILES string of the molecule is COC(=O)C1CCC(C(O)(C(F)(F)F)C(F)(F)F)CC1. The van der Waals surface area contributed by atoms with Gasteiger partial charge in [-0.3, -0.25) is 4.79 Å². The van der Waals surface area contributed by atoms with E-state index in [2.05, 4.69) is 4.74 Å². The summed E-state index contributed by atoms with van der Waals surface area (Å²) in [4.78, 5) is 11.2. The molecule has 0 aromatic carbocycles. The number of alkyl halides is 6. The molecule has 1 N–H and O–H groups in total. The molecule has 3 nitrogen and oxygen atoms in total. The minimum Gasteiger partial charge on any atom is -0.469 e. The largest absolute Gasteiger partial charge is 0.469 e. The molecule has 0 aliphatic heterocycles. The summed E-state index contributed by atoms with van der Waals surface area (Å²) in [6, 6.07) is 0. The summed E-state index contributed by atoms with van der Waals surface area (Å²) >= 11 is 0. The van der Waals surface area contributed by atoms with E-state index in [1.165, 1.54) is 0 Å². The Morgan fingerprint density at radius 2 is 1.40 bits per heavy atom. The van der Waals surface area contributed by atoms with Crippen molar-refractivity contribution in [3.8, 4) is 0 Å². The van der Waals surface area contributed by atoms with Crippen molar-refractivity contribution in [1.82, 2.24) is 0 Å². The summed E-state index contributed by atoms with van der Waals surface area (Å²) < 4.78 is 80.3. The van der Waals surface area contributed by atoms with E-state index in [-0.39, 0.29) is 12.8 Å². The summed E-state index contributed by atoms with van der Waals surface area (Å²) in [5, 5.41) is 9.22. The minimum atomic E-state index is -5.81. The molecule has 118 valence electrons. The Morgan fingerprint density at radius 3 is 1.70 bits per heavy atom. The van der Waals surface area contributed by atoms with Gasteiger partial charge in [0.15, 0.2) is 0 Å². The van der Waals surface area contributed by atoms with Crippen molar-refractivity contribution in [1.29, 1.82) is 0 Å². The Hall–Kier alpha value is -0.990. The van der Waals surface area contributed by atoms with Crippen molar-refractivity contribution >= 4 is 5.97 Å². The molecule has 0 spiro atoms. The van der Waals surface area contributed by atoms with Crippen LogP contribution in [0.3, 0.4) is 0 Å². The molecule has 0 aromatic rings. The monoisotopic (exact) mass is 308 g/mol. The fourth-order valence-corrected chi connectivity index (χ4v) is 2.54. The van der Waals surface area contributed by atoms with E-state index in [1.807, 2.05) is 0 Å². The molecule has 1 saturated carbocycles. The Labute approximate surface area is 110 Å². The minimum absolute atomic E-state index is 0.175. The standard InChI is InChI=1S/C11H14F6O3/c1-20-8(18)6-2-4-7(5-3-6)9(19,10(12,13)14)11(15,16)17/h6-7,19H,2-5H2,1H3. The molecule has 0 aromatic heterocycles. The first kappa shape index (κ1) is 17.1. The van der Waals surface area contributed by atoms with Crippen molar-refractivity contribution in [3.63, 3.8) is 0 Å². The fraction of sp³-hybridized carbons (Fsp3) is 0.909. The van der Waals surface area contributed by atoms with Crippen molar-refractivity contribution in [2.75, 3.05) is 7.11 Å². The van der Waals surface area contributed by atoms with Crippen LogP contribution in [-0.2, 0) is 9.53 Å². The molecule has 1 fully saturated rings. The van der Waals surface area contributed by atoms with Crippen LogP contribution in [0.4, 0.5) is 26.3 Å². The molecular formula is C11H14F6O3. The summed E-state index contributed by atoms with van der Waals surface area (Å²) in [7, 11) is 1.09. The Kier molecular flexibility index (Phi) is 4.62. The van der Waals surface area contributed by atoms with E-state index in [9.17, 15) is 36.2 Å². The van der Waals surface area contributed by atoms with Gasteiger partial charge in [0, 0.05) is 5.92 Å². The molecule has 0 unspecified atom stereocenters. The molecule has 0 bridgehead atoms. The summed E-state index contributed by atoms with van der Waals surface area (Å²) in [6.45, 7) is 0. The third kappa shape index (κ3) is 2.87. The number of methoxy groups -OCH3 is 1. The lowest BCUT2D eigenvalue weighted by Crippen LogP contribution is -2.62. The lowest BCUT2D eigenvalue weighted by molar-refractivity contribution is -0.387. The highest BCUT2D eigenvalue weighted by atomic mass is 19.4. The zero-order chi connectivity index (χ0) is 15.8. The van der Waals surface area contributed by atoms with Crippen molar-refractivity contribution in [2.45, 2.75) is 43.6 Å². The third-order valence-electron chi connectivity index (χ3n) is 3.72. The molecule has 20 heavy (non-hydrogen) atoms. The number of hydrogen-bond acceptors (Lipinski definition) is 3. The van der Waals surface area contributed by atoms with E-state index < -0.39 is 48.6 Å². The number of rotatable bonds is 2. The number of carbonyl (C=O) groups is 1. The van der Waals surface area contributed by atoms with E-state index in [1.54, 1.807) is 0 Å². The van der Waals surface area contributed by atoms with Crippen LogP contribution in [0.25, 0.3) is 0 Å². The zero-order valence-corrected chi connectivity index (χ0v) is 10.5. The average molecular weight is 308 g/mol. The predicted octanol–water partition coefficient (Wildman–Crippen LogP) is 2.82. The van der Waals surface area contributed by atoms with Crippen LogP contribution in [0.1, 0.15) is 25.7 Å². The Bertz CT molecular complexity index is 340. The van der Waals surface area contributed by atoms with Crippen LogP contribution in [0, 0.1) is 11.8 Å². The molecule has 0 atom stereocenters. The van der Waals surface area contributed by atoms with E-state index in [0.29, 0.717) is 0 Å². The van der Waals surface area contributed by atoms with Gasteiger partial charge in [0.1, 0.15) is 0 Å². The average Bonchev–Trinajstić information content (AvgIpc) is 2.34. The van der Waals surface area contributed by atoms with E-state index >= 15 is 0 Å². The topological polar surface area (TPSA) is 46.5 Å². The smallest absolute Gasteiger partial charge is 0.426 e. The van der Waals surface area contributed by atoms with Gasteiger partial charge in [-0.15, -0.1) is 0 Å². The molecule has 0 amide bonds. The molecule has 1 aliphatic carbocycles. The van der Waals surface area contributed by atoms with E-state index in [4.69, 9.17) is 0 Å². The van der Waals surface area contributed by atoms with Gasteiger partial charge < -0.3 is 9.84 Å². The van der Waals surface area contributed by atoms with Crippen LogP contribution in [0.5, 0.6) is 0 Å². The van der Waals surface area contributed by atoms with Gasteiger partial charge in [0.05, 0.1) is 13.0 Å². The number of ether oxygens (including phenoxy) is 1. The highest BCUT2D eigenvalue weighted by Gasteiger charge is 2.73. The first-order valence-electron chi connectivity index (χ1n) is 5.88. The van der Waals surface area contributed by atoms with Crippen molar-refractivity contribution in [3.05, 3.63) is 0 Å². The van der Waals surface area contributed by atoms with Crippen LogP contribution < -0.4 is 0 Å². The van der Waals surface area contributed by atoms with Gasteiger partial charge in [-0.05, 0) is 25.7 Å². The number of aliphatic hydroxyl groups is 1. The van der Waals surface area contributed by atoms with E-state index in [0.717, 1.165) is 7.11 Å². The second-order valence-corrected chi connectivity index (χ2v) is 4.83. The molecule has 1 rings (SSSR count). The lowest BCUT2D eigenvalue weighted by Gasteiger charge is -2.41. The highest BCUT2D eigenvalue weighted by Crippen LogP contribution is 2.52. The lowest BCUT2D eigenvalue weighted by atomic mass is 9.72. The van der Waals surface area contributed by atoms with Crippen LogP contribution in [0.2, 0.25) is 0 Å².